The lowest BCUT2D eigenvalue weighted by molar-refractivity contribution is -0.125. The topological polar surface area (TPSA) is 121 Å². The number of amides is 2. The Bertz CT molecular complexity index is 1430. The maximum atomic E-state index is 13.5. The Morgan fingerprint density at radius 1 is 1.10 bits per heavy atom. The molecular weight excluding hydrogens is 553 g/mol. The van der Waals surface area contributed by atoms with Crippen LogP contribution in [0.2, 0.25) is 10.0 Å². The molecule has 2 aliphatic heterocycles. The summed E-state index contributed by atoms with van der Waals surface area (Å²) in [5.41, 5.74) is 3.33. The van der Waals surface area contributed by atoms with E-state index in [4.69, 9.17) is 27.9 Å². The van der Waals surface area contributed by atoms with Crippen LogP contribution in [0.15, 0.2) is 36.7 Å². The third kappa shape index (κ3) is 5.84. The van der Waals surface area contributed by atoms with E-state index in [0.717, 1.165) is 24.0 Å². The molecule has 2 aromatic heterocycles. The second kappa shape index (κ2) is 12.0. The first-order chi connectivity index (χ1) is 19.2. The molecule has 40 heavy (non-hydrogen) atoms. The first-order valence-corrected chi connectivity index (χ1v) is 14.0. The van der Waals surface area contributed by atoms with E-state index in [9.17, 15) is 9.59 Å². The van der Waals surface area contributed by atoms with Gasteiger partial charge in [-0.25, -0.2) is 15.0 Å². The van der Waals surface area contributed by atoms with Crippen LogP contribution in [-0.4, -0.2) is 64.0 Å². The van der Waals surface area contributed by atoms with Gasteiger partial charge in [0.15, 0.2) is 0 Å². The third-order valence-electron chi connectivity index (χ3n) is 7.33. The molecule has 0 bridgehead atoms. The van der Waals surface area contributed by atoms with Gasteiger partial charge in [0.2, 0.25) is 11.9 Å². The summed E-state index contributed by atoms with van der Waals surface area (Å²) in [6, 6.07) is 6.50. The molecule has 1 unspecified atom stereocenters. The maximum Gasteiger partial charge on any atom is 0.255 e. The van der Waals surface area contributed by atoms with Crippen LogP contribution >= 0.6 is 23.2 Å². The fourth-order valence-electron chi connectivity index (χ4n) is 4.92. The molecule has 3 aromatic rings. The van der Waals surface area contributed by atoms with Crippen molar-refractivity contribution in [3.8, 4) is 11.3 Å². The Morgan fingerprint density at radius 3 is 2.60 bits per heavy atom. The number of hydrogen-bond acceptors (Lipinski definition) is 8. The van der Waals surface area contributed by atoms with Crippen LogP contribution in [0.4, 0.5) is 11.8 Å². The molecule has 3 N–H and O–H groups in total. The molecular formula is C28H31Cl2N7O3. The summed E-state index contributed by atoms with van der Waals surface area (Å²) in [6.45, 7) is 5.28. The lowest BCUT2D eigenvalue weighted by atomic mass is 10.0. The lowest BCUT2D eigenvalue weighted by Gasteiger charge is -2.25. The molecule has 210 valence electrons. The molecule has 0 spiro atoms. The fraction of sp³-hybridized carbons (Fsp3) is 0.393. The molecule has 2 aliphatic rings. The summed E-state index contributed by atoms with van der Waals surface area (Å²) in [5.74, 6) is 0.618. The zero-order chi connectivity index (χ0) is 28.4. The highest BCUT2D eigenvalue weighted by Crippen LogP contribution is 2.33. The number of nitrogens with one attached hydrogen (secondary N) is 3. The SMILES string of the molecule is CNc1cc([C@@H](C)NC(=O)C(C)N2Cc3ccc(-c4nc(NC5CCOCC5)ncc4Cl)cc3C2=O)c(Cl)cn1. The molecule has 10 nitrogen and oxygen atoms in total. The van der Waals surface area contributed by atoms with Crippen molar-refractivity contribution < 1.29 is 14.3 Å². The maximum absolute atomic E-state index is 13.5. The number of benzene rings is 1. The Balaban J connectivity index is 1.30. The molecule has 0 aliphatic carbocycles. The number of anilines is 2. The average Bonchev–Trinajstić information content (AvgIpc) is 3.29. The molecule has 12 heteroatoms. The van der Waals surface area contributed by atoms with Crippen LogP contribution in [0.25, 0.3) is 11.3 Å². The van der Waals surface area contributed by atoms with Gasteiger partial charge in [-0.1, -0.05) is 35.3 Å². The molecule has 2 amide bonds. The Labute approximate surface area is 242 Å². The minimum Gasteiger partial charge on any atom is -0.381 e. The van der Waals surface area contributed by atoms with Gasteiger partial charge in [0.25, 0.3) is 5.91 Å². The van der Waals surface area contributed by atoms with Crippen LogP contribution in [0.5, 0.6) is 0 Å². The van der Waals surface area contributed by atoms with Crippen molar-refractivity contribution in [1.82, 2.24) is 25.2 Å². The molecule has 4 heterocycles. The third-order valence-corrected chi connectivity index (χ3v) is 7.92. The Kier molecular flexibility index (Phi) is 8.39. The summed E-state index contributed by atoms with van der Waals surface area (Å²) < 4.78 is 5.42. The van der Waals surface area contributed by atoms with Crippen LogP contribution < -0.4 is 16.0 Å². The van der Waals surface area contributed by atoms with E-state index in [2.05, 4.69) is 30.9 Å². The standard InChI is InChI=1S/C28H31Cl2N7O3/c1-15(20-11-24(31-3)32-12-22(20)29)34-26(38)16(2)37-14-18-5-4-17(10-21(18)27(37)39)25-23(30)13-33-28(36-25)35-19-6-8-40-9-7-19/h4-5,10-13,15-16,19H,6-9,14H2,1-3H3,(H,31,32)(H,34,38)(H,33,35,36)/t15-,16?/m1/s1. The molecule has 1 aromatic carbocycles. The number of pyridine rings is 1. The summed E-state index contributed by atoms with van der Waals surface area (Å²) in [5, 5.41) is 10.1. The number of carbonyl (C=O) groups excluding carboxylic acids is 2. The van der Waals surface area contributed by atoms with Gasteiger partial charge >= 0.3 is 0 Å². The van der Waals surface area contributed by atoms with Gasteiger partial charge in [-0.05, 0) is 49.9 Å². The van der Waals surface area contributed by atoms with Gasteiger partial charge in [0.05, 0.1) is 28.0 Å². The number of aromatic nitrogens is 3. The van der Waals surface area contributed by atoms with Crippen molar-refractivity contribution >= 4 is 46.8 Å². The Hall–Kier alpha value is -3.47. The summed E-state index contributed by atoms with van der Waals surface area (Å²) in [6.07, 6.45) is 4.86. The number of halogens is 2. The highest BCUT2D eigenvalue weighted by atomic mass is 35.5. The van der Waals surface area contributed by atoms with Gasteiger partial charge in [0.1, 0.15) is 11.9 Å². The van der Waals surface area contributed by atoms with E-state index < -0.39 is 6.04 Å². The minimum absolute atomic E-state index is 0.225. The molecule has 1 fully saturated rings. The van der Waals surface area contributed by atoms with Gasteiger partial charge < -0.3 is 25.6 Å². The zero-order valence-electron chi connectivity index (χ0n) is 22.5. The van der Waals surface area contributed by atoms with Crippen LogP contribution in [0.3, 0.4) is 0 Å². The first-order valence-electron chi connectivity index (χ1n) is 13.2. The number of carbonyl (C=O) groups is 2. The molecule has 2 atom stereocenters. The van der Waals surface area contributed by atoms with E-state index in [1.54, 1.807) is 43.4 Å². The molecule has 5 rings (SSSR count). The lowest BCUT2D eigenvalue weighted by Crippen LogP contribution is -2.45. The normalized spacial score (nSPS) is 16.8. The minimum atomic E-state index is -0.701. The van der Waals surface area contributed by atoms with E-state index in [1.807, 2.05) is 19.1 Å². The zero-order valence-corrected chi connectivity index (χ0v) is 24.0. The van der Waals surface area contributed by atoms with Crippen LogP contribution in [-0.2, 0) is 16.1 Å². The number of nitrogens with zero attached hydrogens (tertiary/aromatic N) is 4. The molecule has 0 radical (unpaired) electrons. The fourth-order valence-corrected chi connectivity index (χ4v) is 5.39. The van der Waals surface area contributed by atoms with Crippen LogP contribution in [0.1, 0.15) is 54.2 Å². The predicted octanol–water partition coefficient (Wildman–Crippen LogP) is 4.70. The highest BCUT2D eigenvalue weighted by Gasteiger charge is 2.35. The van der Waals surface area contributed by atoms with Gasteiger partial charge in [0, 0.05) is 50.2 Å². The Morgan fingerprint density at radius 2 is 1.85 bits per heavy atom. The average molecular weight is 585 g/mol. The summed E-state index contributed by atoms with van der Waals surface area (Å²) in [4.78, 5) is 41.4. The van der Waals surface area contributed by atoms with Gasteiger partial charge in [-0.2, -0.15) is 0 Å². The number of ether oxygens (including phenoxy) is 1. The van der Waals surface area contributed by atoms with Crippen molar-refractivity contribution in [3.05, 3.63) is 63.4 Å². The smallest absolute Gasteiger partial charge is 0.255 e. The number of hydrogen-bond donors (Lipinski definition) is 3. The second-order valence-electron chi connectivity index (χ2n) is 9.97. The molecule has 0 saturated carbocycles. The van der Waals surface area contributed by atoms with Crippen molar-refractivity contribution in [2.45, 2.75) is 51.4 Å². The van der Waals surface area contributed by atoms with E-state index >= 15 is 0 Å². The van der Waals surface area contributed by atoms with Crippen LogP contribution in [0, 0.1) is 0 Å². The van der Waals surface area contributed by atoms with Crippen molar-refractivity contribution in [2.24, 2.45) is 0 Å². The van der Waals surface area contributed by atoms with E-state index in [0.29, 0.717) is 58.4 Å². The second-order valence-corrected chi connectivity index (χ2v) is 10.8. The van der Waals surface area contributed by atoms with Crippen molar-refractivity contribution in [3.63, 3.8) is 0 Å². The highest BCUT2D eigenvalue weighted by molar-refractivity contribution is 6.33. The summed E-state index contributed by atoms with van der Waals surface area (Å²) >= 11 is 12.8. The predicted molar refractivity (Wildman–Crippen MR) is 155 cm³/mol. The monoisotopic (exact) mass is 583 g/mol. The van der Waals surface area contributed by atoms with Gasteiger partial charge in [-0.3, -0.25) is 9.59 Å². The quantitative estimate of drug-likeness (QED) is 0.349. The van der Waals surface area contributed by atoms with Gasteiger partial charge in [-0.15, -0.1) is 0 Å². The van der Waals surface area contributed by atoms with E-state index in [-0.39, 0.29) is 23.9 Å². The first kappa shape index (κ1) is 28.1. The largest absolute Gasteiger partial charge is 0.381 e. The van der Waals surface area contributed by atoms with Crippen molar-refractivity contribution in [1.29, 1.82) is 0 Å². The number of fused-ring (bicyclic) bond motifs is 1. The number of rotatable bonds is 8. The van der Waals surface area contributed by atoms with E-state index in [1.165, 1.54) is 0 Å². The van der Waals surface area contributed by atoms with Crippen molar-refractivity contribution in [2.75, 3.05) is 30.9 Å². The summed E-state index contributed by atoms with van der Waals surface area (Å²) in [7, 11) is 1.76. The molecule has 1 saturated heterocycles.